The largest absolute Gasteiger partial charge is 0.480 e. The standard InChI is InChI=1S/C32H49N4O10P/c1-4-5-16-27(47(43,44-3)46-22(2)30(39)36-20-11-15-26(36)31(40)41)35-29(38)25(34-28(37)24-17-18-24)14-9-10-19-33-32(42)45-21-23-12-7-6-8-13-23/h6-8,12-13,22,24-27H,4-5,9-11,14-21H2,1-3H3,(H,33,42)(H,34,37)(H,35,38)(H,40,41)/t22-,25-,26-,27?,47?/m0/s1. The normalized spacial score (nSPS) is 19.1. The minimum Gasteiger partial charge on any atom is -0.480 e. The summed E-state index contributed by atoms with van der Waals surface area (Å²) in [5.41, 5.74) is 0.864. The Bertz CT molecular complexity index is 1260. The average Bonchev–Trinajstić information content (AvgIpc) is 3.80. The number of nitrogens with one attached hydrogen (secondary N) is 3. The van der Waals surface area contributed by atoms with E-state index in [9.17, 15) is 33.6 Å². The highest BCUT2D eigenvalue weighted by atomic mass is 31.2. The van der Waals surface area contributed by atoms with Crippen LogP contribution in [0.2, 0.25) is 0 Å². The number of hydrogen-bond acceptors (Lipinski definition) is 9. The molecule has 15 heteroatoms. The molecule has 1 aliphatic carbocycles. The lowest BCUT2D eigenvalue weighted by molar-refractivity contribution is -0.151. The van der Waals surface area contributed by atoms with E-state index < -0.39 is 55.4 Å². The summed E-state index contributed by atoms with van der Waals surface area (Å²) in [5, 5.41) is 17.7. The Balaban J connectivity index is 1.60. The van der Waals surface area contributed by atoms with E-state index in [-0.39, 0.29) is 37.8 Å². The Morgan fingerprint density at radius 3 is 2.38 bits per heavy atom. The van der Waals surface area contributed by atoms with Gasteiger partial charge < -0.3 is 35.2 Å². The van der Waals surface area contributed by atoms with E-state index in [1.54, 1.807) is 0 Å². The first kappa shape index (κ1) is 38.0. The molecule has 262 valence electrons. The topological polar surface area (TPSA) is 190 Å². The zero-order valence-electron chi connectivity index (χ0n) is 27.5. The van der Waals surface area contributed by atoms with Gasteiger partial charge in [-0.3, -0.25) is 23.5 Å². The molecule has 47 heavy (non-hydrogen) atoms. The van der Waals surface area contributed by atoms with Crippen molar-refractivity contribution in [2.75, 3.05) is 20.2 Å². The zero-order chi connectivity index (χ0) is 34.4. The quantitative estimate of drug-likeness (QED) is 0.116. The Labute approximate surface area is 276 Å². The maximum absolute atomic E-state index is 14.1. The van der Waals surface area contributed by atoms with Gasteiger partial charge in [0, 0.05) is 26.1 Å². The Morgan fingerprint density at radius 1 is 1.02 bits per heavy atom. The third kappa shape index (κ3) is 11.9. The molecule has 0 spiro atoms. The highest BCUT2D eigenvalue weighted by Crippen LogP contribution is 2.54. The number of rotatable bonds is 20. The van der Waals surface area contributed by atoms with Gasteiger partial charge in [-0.05, 0) is 63.9 Å². The number of nitrogens with zero attached hydrogens (tertiary/aromatic N) is 1. The monoisotopic (exact) mass is 680 g/mol. The molecule has 1 saturated heterocycles. The first-order chi connectivity index (χ1) is 22.5. The summed E-state index contributed by atoms with van der Waals surface area (Å²) in [6.45, 7) is 3.99. The van der Waals surface area contributed by atoms with Crippen molar-refractivity contribution < 1.29 is 47.4 Å². The Morgan fingerprint density at radius 2 is 1.74 bits per heavy atom. The van der Waals surface area contributed by atoms with Crippen molar-refractivity contribution in [3.05, 3.63) is 35.9 Å². The number of benzene rings is 1. The van der Waals surface area contributed by atoms with Gasteiger partial charge in [-0.2, -0.15) is 0 Å². The number of carboxylic acids is 1. The van der Waals surface area contributed by atoms with Crippen molar-refractivity contribution in [1.82, 2.24) is 20.9 Å². The molecule has 1 aromatic rings. The number of carbonyl (C=O) groups excluding carboxylic acids is 4. The van der Waals surface area contributed by atoms with E-state index in [0.29, 0.717) is 45.1 Å². The molecule has 14 nitrogen and oxygen atoms in total. The second-order valence-electron chi connectivity index (χ2n) is 12.0. The molecule has 0 bridgehead atoms. The minimum atomic E-state index is -4.15. The zero-order valence-corrected chi connectivity index (χ0v) is 28.4. The summed E-state index contributed by atoms with van der Waals surface area (Å²) in [6, 6.07) is 7.35. The summed E-state index contributed by atoms with van der Waals surface area (Å²) in [4.78, 5) is 64.3. The van der Waals surface area contributed by atoms with Crippen LogP contribution in [-0.2, 0) is 44.1 Å². The van der Waals surface area contributed by atoms with Crippen LogP contribution in [0.4, 0.5) is 4.79 Å². The van der Waals surface area contributed by atoms with Crippen LogP contribution in [0.3, 0.4) is 0 Å². The van der Waals surface area contributed by atoms with Crippen LogP contribution >= 0.6 is 7.60 Å². The first-order valence-electron chi connectivity index (χ1n) is 16.4. The molecule has 1 heterocycles. The summed E-state index contributed by atoms with van der Waals surface area (Å²) in [6.07, 6.45) is 3.19. The van der Waals surface area contributed by atoms with Crippen molar-refractivity contribution in [2.24, 2.45) is 5.92 Å². The Hall–Kier alpha value is -3.48. The van der Waals surface area contributed by atoms with E-state index in [0.717, 1.165) is 18.4 Å². The van der Waals surface area contributed by atoms with E-state index in [1.165, 1.54) is 18.9 Å². The second-order valence-corrected chi connectivity index (χ2v) is 14.3. The molecule has 1 aromatic carbocycles. The summed E-state index contributed by atoms with van der Waals surface area (Å²) in [7, 11) is -2.98. The van der Waals surface area contributed by atoms with Crippen LogP contribution in [0.25, 0.3) is 0 Å². The van der Waals surface area contributed by atoms with Crippen LogP contribution in [0.15, 0.2) is 30.3 Å². The molecule has 1 saturated carbocycles. The molecule has 5 atom stereocenters. The smallest absolute Gasteiger partial charge is 0.407 e. The number of aliphatic carboxylic acids is 1. The molecule has 2 fully saturated rings. The van der Waals surface area contributed by atoms with Crippen molar-refractivity contribution in [3.63, 3.8) is 0 Å². The SMILES string of the molecule is CCCCC(NC(=O)[C@H](CCCCNC(=O)OCc1ccccc1)NC(=O)C1CC1)P(=O)(OC)O[C@@H](C)C(=O)N1CCC[C@H]1C(=O)O. The highest BCUT2D eigenvalue weighted by Gasteiger charge is 2.43. The lowest BCUT2D eigenvalue weighted by Crippen LogP contribution is -2.50. The number of ether oxygens (including phenoxy) is 1. The minimum absolute atomic E-state index is 0.143. The fourth-order valence-corrected chi connectivity index (χ4v) is 7.15. The molecule has 4 amide bonds. The fraction of sp³-hybridized carbons (Fsp3) is 0.656. The van der Waals surface area contributed by atoms with Gasteiger partial charge in [-0.25, -0.2) is 9.59 Å². The van der Waals surface area contributed by atoms with Crippen LogP contribution in [0.5, 0.6) is 0 Å². The third-order valence-electron chi connectivity index (χ3n) is 8.23. The predicted molar refractivity (Wildman–Crippen MR) is 172 cm³/mol. The van der Waals surface area contributed by atoms with Crippen molar-refractivity contribution in [2.45, 2.75) is 109 Å². The van der Waals surface area contributed by atoms with Gasteiger partial charge in [0.1, 0.15) is 30.6 Å². The van der Waals surface area contributed by atoms with Crippen molar-refractivity contribution in [3.8, 4) is 0 Å². The molecule has 3 rings (SSSR count). The molecule has 2 aliphatic rings. The molecular weight excluding hydrogens is 631 g/mol. The summed E-state index contributed by atoms with van der Waals surface area (Å²) in [5.74, 6) is -3.82. The number of amides is 4. The van der Waals surface area contributed by atoms with Gasteiger partial charge in [0.2, 0.25) is 11.8 Å². The highest BCUT2D eigenvalue weighted by molar-refractivity contribution is 7.54. The molecular formula is C32H49N4O10P. The Kier molecular flexibility index (Phi) is 15.2. The van der Waals surface area contributed by atoms with E-state index in [1.807, 2.05) is 37.3 Å². The number of carboxylic acid groups (broad SMARTS) is 1. The van der Waals surface area contributed by atoms with Crippen LogP contribution in [-0.4, -0.2) is 84.0 Å². The van der Waals surface area contributed by atoms with Crippen LogP contribution < -0.4 is 16.0 Å². The van der Waals surface area contributed by atoms with Gasteiger partial charge >= 0.3 is 19.7 Å². The van der Waals surface area contributed by atoms with Gasteiger partial charge in [-0.1, -0.05) is 50.1 Å². The van der Waals surface area contributed by atoms with Crippen LogP contribution in [0.1, 0.15) is 83.6 Å². The molecule has 4 N–H and O–H groups in total. The fourth-order valence-electron chi connectivity index (χ4n) is 5.34. The number of alkyl carbamates (subject to hydrolysis) is 1. The van der Waals surface area contributed by atoms with Gasteiger partial charge in [0.25, 0.3) is 5.91 Å². The maximum atomic E-state index is 14.1. The van der Waals surface area contributed by atoms with Crippen molar-refractivity contribution in [1.29, 1.82) is 0 Å². The maximum Gasteiger partial charge on any atom is 0.407 e. The molecule has 0 radical (unpaired) electrons. The summed E-state index contributed by atoms with van der Waals surface area (Å²) >= 11 is 0. The van der Waals surface area contributed by atoms with E-state index >= 15 is 0 Å². The summed E-state index contributed by atoms with van der Waals surface area (Å²) < 4.78 is 30.3. The van der Waals surface area contributed by atoms with Gasteiger partial charge in [-0.15, -0.1) is 0 Å². The lowest BCUT2D eigenvalue weighted by Gasteiger charge is -2.31. The van der Waals surface area contributed by atoms with Crippen molar-refractivity contribution >= 4 is 37.4 Å². The predicted octanol–water partition coefficient (Wildman–Crippen LogP) is 3.93. The van der Waals surface area contributed by atoms with Crippen LogP contribution in [0, 0.1) is 5.92 Å². The van der Waals surface area contributed by atoms with E-state index in [2.05, 4.69) is 16.0 Å². The average molecular weight is 681 g/mol. The molecule has 0 aromatic heterocycles. The first-order valence-corrected chi connectivity index (χ1v) is 18.0. The molecule has 1 aliphatic heterocycles. The number of hydrogen-bond donors (Lipinski definition) is 4. The van der Waals surface area contributed by atoms with Gasteiger partial charge in [0.15, 0.2) is 0 Å². The second kappa shape index (κ2) is 18.8. The molecule has 2 unspecified atom stereocenters. The number of carbonyl (C=O) groups is 5. The number of unbranched alkanes of at least 4 members (excludes halogenated alkanes) is 2. The van der Waals surface area contributed by atoms with Gasteiger partial charge in [0.05, 0.1) is 0 Å². The third-order valence-corrected chi connectivity index (χ3v) is 10.5. The lowest BCUT2D eigenvalue weighted by atomic mass is 10.1. The van der Waals surface area contributed by atoms with E-state index in [4.69, 9.17) is 13.8 Å². The number of likely N-dealkylation sites (tertiary alicyclic amines) is 1.